The van der Waals surface area contributed by atoms with E-state index < -0.39 is 5.91 Å². The van der Waals surface area contributed by atoms with Gasteiger partial charge in [-0.05, 0) is 30.3 Å². The number of nitrogens with one attached hydrogen (secondary N) is 1. The standard InChI is InChI=1S/C14H14BrN3O3/c1-2-9-4-6-12(21-9)14(19)17-11-5-3-8(15)7-10(11)13(16)18-20/h3-7,20H,2H2,1H3,(H2,16,18)(H,17,19). The summed E-state index contributed by atoms with van der Waals surface area (Å²) in [6.07, 6.45) is 0.709. The molecular formula is C14H14BrN3O3. The predicted octanol–water partition coefficient (Wildman–Crippen LogP) is 2.95. The highest BCUT2D eigenvalue weighted by molar-refractivity contribution is 9.10. The third-order valence-electron chi connectivity index (χ3n) is 2.85. The highest BCUT2D eigenvalue weighted by Gasteiger charge is 2.15. The van der Waals surface area contributed by atoms with E-state index in [1.807, 2.05) is 6.92 Å². The lowest BCUT2D eigenvalue weighted by atomic mass is 10.1. The van der Waals surface area contributed by atoms with Crippen molar-refractivity contribution in [3.63, 3.8) is 0 Å². The van der Waals surface area contributed by atoms with E-state index in [-0.39, 0.29) is 11.6 Å². The molecule has 0 aliphatic rings. The monoisotopic (exact) mass is 351 g/mol. The number of hydrogen-bond acceptors (Lipinski definition) is 4. The van der Waals surface area contributed by atoms with E-state index in [4.69, 9.17) is 15.4 Å². The van der Waals surface area contributed by atoms with Gasteiger partial charge in [0.1, 0.15) is 5.76 Å². The van der Waals surface area contributed by atoms with Gasteiger partial charge >= 0.3 is 0 Å². The number of carbonyl (C=O) groups excluding carboxylic acids is 1. The lowest BCUT2D eigenvalue weighted by Gasteiger charge is -2.09. The molecule has 0 spiro atoms. The van der Waals surface area contributed by atoms with Crippen LogP contribution in [0, 0.1) is 0 Å². The lowest BCUT2D eigenvalue weighted by Crippen LogP contribution is -2.19. The number of anilines is 1. The van der Waals surface area contributed by atoms with Gasteiger partial charge in [-0.2, -0.15) is 0 Å². The smallest absolute Gasteiger partial charge is 0.291 e. The first kappa shape index (κ1) is 15.1. The molecule has 1 amide bonds. The van der Waals surface area contributed by atoms with Crippen molar-refractivity contribution in [2.24, 2.45) is 10.9 Å². The molecule has 0 bridgehead atoms. The van der Waals surface area contributed by atoms with Gasteiger partial charge in [0.15, 0.2) is 11.6 Å². The minimum Gasteiger partial charge on any atom is -0.456 e. The van der Waals surface area contributed by atoms with Gasteiger partial charge in [0.05, 0.1) is 5.69 Å². The Balaban J connectivity index is 2.28. The van der Waals surface area contributed by atoms with Gasteiger partial charge in [-0.15, -0.1) is 0 Å². The van der Waals surface area contributed by atoms with Crippen LogP contribution in [-0.2, 0) is 6.42 Å². The first-order valence-corrected chi connectivity index (χ1v) is 7.02. The molecule has 0 atom stereocenters. The summed E-state index contributed by atoms with van der Waals surface area (Å²) in [7, 11) is 0. The number of amides is 1. The summed E-state index contributed by atoms with van der Waals surface area (Å²) in [5.41, 5.74) is 6.44. The molecule has 0 saturated carbocycles. The molecule has 0 unspecified atom stereocenters. The van der Waals surface area contributed by atoms with E-state index in [0.717, 1.165) is 10.2 Å². The molecule has 0 fully saturated rings. The van der Waals surface area contributed by atoms with Crippen LogP contribution in [-0.4, -0.2) is 17.0 Å². The second-order valence-electron chi connectivity index (χ2n) is 4.25. The van der Waals surface area contributed by atoms with Crippen molar-refractivity contribution in [1.29, 1.82) is 0 Å². The molecular weight excluding hydrogens is 338 g/mol. The normalized spacial score (nSPS) is 11.4. The summed E-state index contributed by atoms with van der Waals surface area (Å²) in [5, 5.41) is 14.4. The number of aryl methyl sites for hydroxylation is 1. The molecule has 0 radical (unpaired) electrons. The number of nitrogens with two attached hydrogens (primary N) is 1. The second-order valence-corrected chi connectivity index (χ2v) is 5.16. The van der Waals surface area contributed by atoms with E-state index in [1.165, 1.54) is 0 Å². The van der Waals surface area contributed by atoms with Crippen LogP contribution in [0.2, 0.25) is 0 Å². The number of rotatable bonds is 4. The first-order valence-electron chi connectivity index (χ1n) is 6.22. The van der Waals surface area contributed by atoms with Gasteiger partial charge in [0, 0.05) is 16.5 Å². The Morgan fingerprint density at radius 1 is 1.43 bits per heavy atom. The number of oxime groups is 1. The zero-order valence-corrected chi connectivity index (χ0v) is 12.8. The fraction of sp³-hybridized carbons (Fsp3) is 0.143. The first-order chi connectivity index (χ1) is 10.0. The molecule has 6 nitrogen and oxygen atoms in total. The summed E-state index contributed by atoms with van der Waals surface area (Å²) >= 11 is 3.29. The zero-order valence-electron chi connectivity index (χ0n) is 11.3. The predicted molar refractivity (Wildman–Crippen MR) is 82.7 cm³/mol. The summed E-state index contributed by atoms with van der Waals surface area (Å²) < 4.78 is 6.13. The van der Waals surface area contributed by atoms with Crippen molar-refractivity contribution < 1.29 is 14.4 Å². The molecule has 0 saturated heterocycles. The number of benzene rings is 1. The van der Waals surface area contributed by atoms with Crippen LogP contribution in [0.25, 0.3) is 0 Å². The van der Waals surface area contributed by atoms with E-state index in [1.54, 1.807) is 30.3 Å². The Hall–Kier alpha value is -2.28. The fourth-order valence-corrected chi connectivity index (χ4v) is 2.13. The third-order valence-corrected chi connectivity index (χ3v) is 3.34. The number of carbonyl (C=O) groups is 1. The highest BCUT2D eigenvalue weighted by Crippen LogP contribution is 2.22. The zero-order chi connectivity index (χ0) is 15.4. The molecule has 21 heavy (non-hydrogen) atoms. The molecule has 2 rings (SSSR count). The Labute approximate surface area is 129 Å². The van der Waals surface area contributed by atoms with Crippen LogP contribution in [0.1, 0.15) is 28.8 Å². The van der Waals surface area contributed by atoms with Crippen LogP contribution in [0.4, 0.5) is 5.69 Å². The van der Waals surface area contributed by atoms with Crippen molar-refractivity contribution in [2.75, 3.05) is 5.32 Å². The number of amidine groups is 1. The van der Waals surface area contributed by atoms with Gasteiger partial charge in [-0.3, -0.25) is 4.79 Å². The molecule has 1 aromatic heterocycles. The molecule has 4 N–H and O–H groups in total. The van der Waals surface area contributed by atoms with E-state index in [2.05, 4.69) is 26.4 Å². The van der Waals surface area contributed by atoms with Gasteiger partial charge in [0.25, 0.3) is 5.91 Å². The van der Waals surface area contributed by atoms with Crippen LogP contribution in [0.3, 0.4) is 0 Å². The number of nitrogens with zero attached hydrogens (tertiary/aromatic N) is 1. The summed E-state index contributed by atoms with van der Waals surface area (Å²) in [6.45, 7) is 1.94. The Kier molecular flexibility index (Phi) is 4.64. The topological polar surface area (TPSA) is 101 Å². The largest absolute Gasteiger partial charge is 0.456 e. The quantitative estimate of drug-likeness (QED) is 0.341. The molecule has 1 heterocycles. The molecule has 110 valence electrons. The Morgan fingerprint density at radius 3 is 2.81 bits per heavy atom. The molecule has 7 heteroatoms. The van der Waals surface area contributed by atoms with E-state index in [9.17, 15) is 4.79 Å². The highest BCUT2D eigenvalue weighted by atomic mass is 79.9. The molecule has 1 aromatic carbocycles. The summed E-state index contributed by atoms with van der Waals surface area (Å²) in [6, 6.07) is 8.39. The van der Waals surface area contributed by atoms with Crippen molar-refractivity contribution in [3.05, 3.63) is 51.9 Å². The molecule has 0 aliphatic carbocycles. The van der Waals surface area contributed by atoms with Crippen LogP contribution < -0.4 is 11.1 Å². The van der Waals surface area contributed by atoms with Gasteiger partial charge in [-0.25, -0.2) is 0 Å². The maximum atomic E-state index is 12.1. The average molecular weight is 352 g/mol. The van der Waals surface area contributed by atoms with Crippen molar-refractivity contribution in [1.82, 2.24) is 0 Å². The SMILES string of the molecule is CCc1ccc(C(=O)Nc2ccc(Br)cc2/C(N)=N/O)o1. The average Bonchev–Trinajstić information content (AvgIpc) is 2.97. The van der Waals surface area contributed by atoms with Crippen LogP contribution in [0.5, 0.6) is 0 Å². The minimum atomic E-state index is -0.399. The van der Waals surface area contributed by atoms with Crippen LogP contribution >= 0.6 is 15.9 Å². The third kappa shape index (κ3) is 3.43. The summed E-state index contributed by atoms with van der Waals surface area (Å²) in [5.74, 6) is 0.442. The molecule has 2 aromatic rings. The lowest BCUT2D eigenvalue weighted by molar-refractivity contribution is 0.0995. The van der Waals surface area contributed by atoms with E-state index in [0.29, 0.717) is 17.7 Å². The second kappa shape index (κ2) is 6.45. The maximum Gasteiger partial charge on any atom is 0.291 e. The fourth-order valence-electron chi connectivity index (χ4n) is 1.77. The van der Waals surface area contributed by atoms with Gasteiger partial charge in [0.2, 0.25) is 0 Å². The van der Waals surface area contributed by atoms with Crippen molar-refractivity contribution in [2.45, 2.75) is 13.3 Å². The summed E-state index contributed by atoms with van der Waals surface area (Å²) in [4.78, 5) is 12.1. The van der Waals surface area contributed by atoms with Gasteiger partial charge in [-0.1, -0.05) is 28.0 Å². The van der Waals surface area contributed by atoms with Crippen LogP contribution in [0.15, 0.2) is 44.4 Å². The van der Waals surface area contributed by atoms with Crippen molar-refractivity contribution >= 4 is 33.4 Å². The Bertz CT molecular complexity index is 695. The van der Waals surface area contributed by atoms with E-state index >= 15 is 0 Å². The van der Waals surface area contributed by atoms with Gasteiger partial charge < -0.3 is 20.7 Å². The molecule has 0 aliphatic heterocycles. The number of hydrogen-bond donors (Lipinski definition) is 3. The number of halogens is 1. The van der Waals surface area contributed by atoms with Crippen molar-refractivity contribution in [3.8, 4) is 0 Å². The Morgan fingerprint density at radius 2 is 2.19 bits per heavy atom. The minimum absolute atomic E-state index is 0.0970. The maximum absolute atomic E-state index is 12.1. The number of furan rings is 1.